The number of rotatable bonds is 3. The average molecular weight is 277 g/mol. The summed E-state index contributed by atoms with van der Waals surface area (Å²) in [6.45, 7) is 3.56. The van der Waals surface area contributed by atoms with Gasteiger partial charge >= 0.3 is 0 Å². The van der Waals surface area contributed by atoms with E-state index in [1.807, 2.05) is 0 Å². The molecule has 0 aliphatic carbocycles. The van der Waals surface area contributed by atoms with Crippen LogP contribution in [0.15, 0.2) is 18.2 Å². The number of nitrogens with zero attached hydrogens (tertiary/aromatic N) is 2. The zero-order valence-electron chi connectivity index (χ0n) is 11.5. The Balaban J connectivity index is 2.20. The van der Waals surface area contributed by atoms with E-state index >= 15 is 0 Å². The van der Waals surface area contributed by atoms with Gasteiger partial charge in [-0.1, -0.05) is 13.3 Å². The highest BCUT2D eigenvalue weighted by atomic mass is 16.6. The van der Waals surface area contributed by atoms with E-state index < -0.39 is 4.92 Å². The number of anilines is 1. The largest absolute Gasteiger partial charge is 0.393 e. The van der Waals surface area contributed by atoms with Crippen LogP contribution in [0.5, 0.6) is 0 Å². The van der Waals surface area contributed by atoms with Gasteiger partial charge in [-0.15, -0.1) is 0 Å². The summed E-state index contributed by atoms with van der Waals surface area (Å²) in [5.74, 6) is 0.378. The van der Waals surface area contributed by atoms with Crippen molar-refractivity contribution >= 4 is 17.3 Å². The average Bonchev–Trinajstić information content (AvgIpc) is 2.46. The van der Waals surface area contributed by atoms with Gasteiger partial charge in [0.2, 0.25) is 0 Å². The van der Waals surface area contributed by atoms with Crippen LogP contribution in [0.3, 0.4) is 0 Å². The van der Waals surface area contributed by atoms with Crippen LogP contribution in [0.1, 0.15) is 36.5 Å². The fraction of sp³-hybridized carbons (Fsp3) is 0.500. The maximum atomic E-state index is 12.4. The van der Waals surface area contributed by atoms with E-state index in [9.17, 15) is 14.9 Å². The first-order chi connectivity index (χ1) is 9.52. The standard InChI is InChI=1S/C14H19N3O3/c1-2-10-4-3-7-16(9-10)14(18)11-5-6-12(15)13(8-11)17(19)20/h5-6,8,10H,2-4,7,9,15H2,1H3. The molecule has 1 heterocycles. The molecule has 1 saturated heterocycles. The summed E-state index contributed by atoms with van der Waals surface area (Å²) >= 11 is 0. The number of nitrogens with two attached hydrogens (primary N) is 1. The van der Waals surface area contributed by atoms with Crippen molar-refractivity contribution in [2.75, 3.05) is 18.8 Å². The zero-order chi connectivity index (χ0) is 14.7. The summed E-state index contributed by atoms with van der Waals surface area (Å²) in [6.07, 6.45) is 3.18. The number of nitro groups is 1. The smallest absolute Gasteiger partial charge is 0.292 e. The predicted octanol–water partition coefficient (Wildman–Crippen LogP) is 2.44. The van der Waals surface area contributed by atoms with Gasteiger partial charge in [0.05, 0.1) is 4.92 Å². The number of carbonyl (C=O) groups is 1. The van der Waals surface area contributed by atoms with Crippen molar-refractivity contribution in [1.82, 2.24) is 4.90 Å². The molecule has 6 heteroatoms. The van der Waals surface area contributed by atoms with E-state index in [1.54, 1.807) is 11.0 Å². The normalized spacial score (nSPS) is 18.9. The highest BCUT2D eigenvalue weighted by Crippen LogP contribution is 2.25. The van der Waals surface area contributed by atoms with E-state index in [-0.39, 0.29) is 17.3 Å². The fourth-order valence-electron chi connectivity index (χ4n) is 2.60. The third-order valence-corrected chi connectivity index (χ3v) is 3.86. The molecular formula is C14H19N3O3. The number of nitro benzene ring substituents is 1. The monoisotopic (exact) mass is 277 g/mol. The quantitative estimate of drug-likeness (QED) is 0.522. The summed E-state index contributed by atoms with van der Waals surface area (Å²) in [5.41, 5.74) is 5.75. The van der Waals surface area contributed by atoms with Crippen molar-refractivity contribution in [3.63, 3.8) is 0 Å². The van der Waals surface area contributed by atoms with Crippen LogP contribution in [0, 0.1) is 16.0 Å². The molecule has 0 radical (unpaired) electrons. The molecule has 1 fully saturated rings. The fourth-order valence-corrected chi connectivity index (χ4v) is 2.60. The maximum absolute atomic E-state index is 12.4. The Morgan fingerprint density at radius 2 is 2.30 bits per heavy atom. The number of hydrogen-bond acceptors (Lipinski definition) is 4. The van der Waals surface area contributed by atoms with Gasteiger partial charge in [0.1, 0.15) is 5.69 Å². The first kappa shape index (κ1) is 14.3. The minimum atomic E-state index is -0.558. The number of carbonyl (C=O) groups excluding carboxylic acids is 1. The van der Waals surface area contributed by atoms with E-state index in [0.29, 0.717) is 18.0 Å². The molecule has 1 aromatic rings. The van der Waals surface area contributed by atoms with E-state index in [4.69, 9.17) is 5.73 Å². The van der Waals surface area contributed by atoms with Crippen LogP contribution in [-0.2, 0) is 0 Å². The van der Waals surface area contributed by atoms with Crippen molar-refractivity contribution in [3.05, 3.63) is 33.9 Å². The van der Waals surface area contributed by atoms with Crippen molar-refractivity contribution in [1.29, 1.82) is 0 Å². The van der Waals surface area contributed by atoms with Gasteiger partial charge in [-0.3, -0.25) is 14.9 Å². The van der Waals surface area contributed by atoms with E-state index in [0.717, 1.165) is 25.8 Å². The molecule has 1 aliphatic rings. The topological polar surface area (TPSA) is 89.5 Å². The molecule has 0 aromatic heterocycles. The third-order valence-electron chi connectivity index (χ3n) is 3.86. The lowest BCUT2D eigenvalue weighted by atomic mass is 9.95. The minimum Gasteiger partial charge on any atom is -0.393 e. The summed E-state index contributed by atoms with van der Waals surface area (Å²) < 4.78 is 0. The van der Waals surface area contributed by atoms with Crippen LogP contribution in [0.25, 0.3) is 0 Å². The first-order valence-electron chi connectivity index (χ1n) is 6.86. The molecule has 0 bridgehead atoms. The lowest BCUT2D eigenvalue weighted by Crippen LogP contribution is -2.39. The first-order valence-corrected chi connectivity index (χ1v) is 6.86. The lowest BCUT2D eigenvalue weighted by molar-refractivity contribution is -0.383. The molecule has 1 aliphatic heterocycles. The number of likely N-dealkylation sites (tertiary alicyclic amines) is 1. The number of piperidine rings is 1. The molecule has 2 rings (SSSR count). The van der Waals surface area contributed by atoms with Gasteiger partial charge in [-0.05, 0) is 30.9 Å². The Labute approximate surface area is 117 Å². The molecule has 2 N–H and O–H groups in total. The van der Waals surface area contributed by atoms with Gasteiger partial charge in [0, 0.05) is 24.7 Å². The van der Waals surface area contributed by atoms with Crippen molar-refractivity contribution in [3.8, 4) is 0 Å². The van der Waals surface area contributed by atoms with Gasteiger partial charge in [0.25, 0.3) is 11.6 Å². The summed E-state index contributed by atoms with van der Waals surface area (Å²) in [6, 6.07) is 4.25. The highest BCUT2D eigenvalue weighted by Gasteiger charge is 2.25. The van der Waals surface area contributed by atoms with Crippen LogP contribution in [0.2, 0.25) is 0 Å². The number of benzene rings is 1. The summed E-state index contributed by atoms with van der Waals surface area (Å²) in [7, 11) is 0. The molecule has 0 spiro atoms. The van der Waals surface area contributed by atoms with Crippen LogP contribution >= 0.6 is 0 Å². The summed E-state index contributed by atoms with van der Waals surface area (Å²) in [5, 5.41) is 10.9. The molecule has 1 aromatic carbocycles. The molecule has 20 heavy (non-hydrogen) atoms. The van der Waals surface area contributed by atoms with Crippen LogP contribution < -0.4 is 5.73 Å². The second-order valence-electron chi connectivity index (χ2n) is 5.20. The Kier molecular flexibility index (Phi) is 4.22. The molecule has 1 atom stereocenters. The van der Waals surface area contributed by atoms with Gasteiger partial charge < -0.3 is 10.6 Å². The molecule has 0 saturated carbocycles. The summed E-state index contributed by atoms with van der Waals surface area (Å²) in [4.78, 5) is 24.5. The highest BCUT2D eigenvalue weighted by molar-refractivity contribution is 5.95. The Morgan fingerprint density at radius 3 is 2.95 bits per heavy atom. The molecular weight excluding hydrogens is 258 g/mol. The van der Waals surface area contributed by atoms with Gasteiger partial charge in [-0.25, -0.2) is 0 Å². The van der Waals surface area contributed by atoms with Gasteiger partial charge in [-0.2, -0.15) is 0 Å². The molecule has 6 nitrogen and oxygen atoms in total. The van der Waals surface area contributed by atoms with E-state index in [1.165, 1.54) is 12.1 Å². The number of amides is 1. The zero-order valence-corrected chi connectivity index (χ0v) is 11.5. The van der Waals surface area contributed by atoms with Crippen LogP contribution in [0.4, 0.5) is 11.4 Å². The third kappa shape index (κ3) is 2.89. The maximum Gasteiger partial charge on any atom is 0.292 e. The SMILES string of the molecule is CCC1CCCN(C(=O)c2ccc(N)c([N+](=O)[O-])c2)C1. The molecule has 1 unspecified atom stereocenters. The van der Waals surface area contributed by atoms with Gasteiger partial charge in [0.15, 0.2) is 0 Å². The number of nitrogen functional groups attached to an aromatic ring is 1. The van der Waals surface area contributed by atoms with Crippen molar-refractivity contribution in [2.24, 2.45) is 5.92 Å². The number of hydrogen-bond donors (Lipinski definition) is 1. The predicted molar refractivity (Wildman–Crippen MR) is 76.4 cm³/mol. The minimum absolute atomic E-state index is 0.0802. The van der Waals surface area contributed by atoms with E-state index in [2.05, 4.69) is 6.92 Å². The second-order valence-corrected chi connectivity index (χ2v) is 5.20. The molecule has 1 amide bonds. The Morgan fingerprint density at radius 1 is 1.55 bits per heavy atom. The van der Waals surface area contributed by atoms with Crippen molar-refractivity contribution < 1.29 is 9.72 Å². The van der Waals surface area contributed by atoms with Crippen molar-refractivity contribution in [2.45, 2.75) is 26.2 Å². The Bertz CT molecular complexity index is 530. The lowest BCUT2D eigenvalue weighted by Gasteiger charge is -2.32. The molecule has 108 valence electrons. The second kappa shape index (κ2) is 5.90. The Hall–Kier alpha value is -2.11. The van der Waals surface area contributed by atoms with Crippen LogP contribution in [-0.4, -0.2) is 28.8 Å².